The molecular weight excluding hydrogens is 460 g/mol. The summed E-state index contributed by atoms with van der Waals surface area (Å²) < 4.78 is 2.20. The van der Waals surface area contributed by atoms with Crippen LogP contribution >= 0.6 is 0 Å². The maximum Gasteiger partial charge on any atom is 0.242 e. The Morgan fingerprint density at radius 3 is 2.22 bits per heavy atom. The largest absolute Gasteiger partial charge is 0.341 e. The molecule has 5 heteroatoms. The van der Waals surface area contributed by atoms with Crippen molar-refractivity contribution in [3.63, 3.8) is 0 Å². The number of carbonyl (C=O) groups is 3. The molecule has 37 heavy (non-hydrogen) atoms. The number of hydrogen-bond acceptors (Lipinski definition) is 3. The van der Waals surface area contributed by atoms with Crippen molar-refractivity contribution in [2.45, 2.75) is 79.2 Å². The molecule has 1 aliphatic rings. The molecule has 1 aliphatic carbocycles. The molecule has 0 aliphatic heterocycles. The van der Waals surface area contributed by atoms with E-state index in [9.17, 15) is 14.4 Å². The van der Waals surface area contributed by atoms with Crippen molar-refractivity contribution in [3.05, 3.63) is 70.8 Å². The van der Waals surface area contributed by atoms with Gasteiger partial charge in [0.15, 0.2) is 5.78 Å². The number of ketones is 2. The zero-order chi connectivity index (χ0) is 26.5. The van der Waals surface area contributed by atoms with Gasteiger partial charge >= 0.3 is 0 Å². The van der Waals surface area contributed by atoms with Gasteiger partial charge in [0.1, 0.15) is 0 Å². The number of benzene rings is 2. The van der Waals surface area contributed by atoms with Crippen molar-refractivity contribution >= 4 is 45.0 Å². The fourth-order valence-corrected chi connectivity index (χ4v) is 5.23. The number of carbonyl (C=O) groups excluding carboxylic acids is 3. The molecule has 0 saturated carbocycles. The van der Waals surface area contributed by atoms with Gasteiger partial charge in [-0.3, -0.25) is 14.4 Å². The fraction of sp³-hybridized carbons (Fsp3) is 0.375. The summed E-state index contributed by atoms with van der Waals surface area (Å²) in [6, 6.07) is 11.5. The van der Waals surface area contributed by atoms with Crippen LogP contribution in [0.2, 0.25) is 0 Å². The topological polar surface area (TPSA) is 68.5 Å². The zero-order valence-corrected chi connectivity index (χ0v) is 22.4. The fourth-order valence-electron chi connectivity index (χ4n) is 5.23. The molecule has 3 aromatic rings. The molecule has 1 heterocycles. The van der Waals surface area contributed by atoms with Crippen molar-refractivity contribution in [1.82, 2.24) is 4.57 Å². The number of Topliss-reactive ketones (excluding diaryl/α,β-unsaturated/α-hetero) is 2. The van der Waals surface area contributed by atoms with Gasteiger partial charge in [-0.1, -0.05) is 43.9 Å². The zero-order valence-electron chi connectivity index (χ0n) is 22.4. The second kappa shape index (κ2) is 11.6. The van der Waals surface area contributed by atoms with Crippen LogP contribution in [-0.4, -0.2) is 27.8 Å². The summed E-state index contributed by atoms with van der Waals surface area (Å²) in [5, 5.41) is 1.87. The van der Waals surface area contributed by atoms with Gasteiger partial charge in [0.05, 0.1) is 5.71 Å². The number of rotatable bonds is 10. The SMILES string of the molecule is CCCCCC/C(=N/C(C)=O)C(=O)c1ccc2c(c1)c1cc(C(=O)C3=C(C)CCC=C3)ccc1n2CC. The number of aromatic nitrogens is 1. The van der Waals surface area contributed by atoms with Gasteiger partial charge in [-0.2, -0.15) is 0 Å². The highest BCUT2D eigenvalue weighted by atomic mass is 16.1. The first-order chi connectivity index (χ1) is 17.8. The second-order valence-corrected chi connectivity index (χ2v) is 9.89. The minimum Gasteiger partial charge on any atom is -0.341 e. The molecule has 5 nitrogen and oxygen atoms in total. The van der Waals surface area contributed by atoms with Crippen molar-refractivity contribution in [1.29, 1.82) is 0 Å². The average molecular weight is 497 g/mol. The predicted molar refractivity (Wildman–Crippen MR) is 152 cm³/mol. The lowest BCUT2D eigenvalue weighted by atomic mass is 9.92. The number of unbranched alkanes of at least 4 members (excludes halogenated alkanes) is 3. The van der Waals surface area contributed by atoms with Crippen LogP contribution in [0, 0.1) is 0 Å². The third-order valence-electron chi connectivity index (χ3n) is 7.20. The van der Waals surface area contributed by atoms with Gasteiger partial charge in [0.2, 0.25) is 11.7 Å². The molecule has 0 spiro atoms. The number of hydrogen-bond donors (Lipinski definition) is 0. The lowest BCUT2D eigenvalue weighted by molar-refractivity contribution is -0.115. The summed E-state index contributed by atoms with van der Waals surface area (Å²) in [5.41, 5.74) is 5.42. The molecule has 4 rings (SSSR count). The van der Waals surface area contributed by atoms with Gasteiger partial charge < -0.3 is 4.57 Å². The molecule has 1 amide bonds. The van der Waals surface area contributed by atoms with Gasteiger partial charge in [0, 0.05) is 52.0 Å². The van der Waals surface area contributed by atoms with E-state index in [1.165, 1.54) is 6.92 Å². The van der Waals surface area contributed by atoms with Gasteiger partial charge in [-0.05, 0) is 75.9 Å². The third-order valence-corrected chi connectivity index (χ3v) is 7.20. The molecule has 0 radical (unpaired) electrons. The Bertz CT molecular complexity index is 1470. The van der Waals surface area contributed by atoms with Gasteiger partial charge in [-0.25, -0.2) is 4.99 Å². The molecular formula is C32H36N2O3. The maximum atomic E-state index is 13.5. The van der Waals surface area contributed by atoms with Crippen molar-refractivity contribution in [2.24, 2.45) is 4.99 Å². The van der Waals surface area contributed by atoms with Crippen LogP contribution in [0.4, 0.5) is 0 Å². The lowest BCUT2D eigenvalue weighted by Gasteiger charge is -2.12. The Balaban J connectivity index is 1.78. The first-order valence-electron chi connectivity index (χ1n) is 13.5. The highest BCUT2D eigenvalue weighted by Crippen LogP contribution is 2.32. The Hall–Kier alpha value is -3.60. The maximum absolute atomic E-state index is 13.5. The minimum atomic E-state index is -0.355. The molecule has 0 bridgehead atoms. The number of fused-ring (bicyclic) bond motifs is 3. The van der Waals surface area contributed by atoms with E-state index in [0.29, 0.717) is 23.3 Å². The predicted octanol–water partition coefficient (Wildman–Crippen LogP) is 7.80. The quantitative estimate of drug-likeness (QED) is 0.163. The highest BCUT2D eigenvalue weighted by molar-refractivity contribution is 6.47. The Labute approximate surface area is 219 Å². The monoisotopic (exact) mass is 496 g/mol. The van der Waals surface area contributed by atoms with Crippen molar-refractivity contribution in [2.75, 3.05) is 0 Å². The Morgan fingerprint density at radius 1 is 0.919 bits per heavy atom. The van der Waals surface area contributed by atoms with Crippen LogP contribution in [-0.2, 0) is 11.3 Å². The smallest absolute Gasteiger partial charge is 0.242 e. The molecule has 0 atom stereocenters. The summed E-state index contributed by atoms with van der Waals surface area (Å²) in [6.45, 7) is 8.40. The van der Waals surface area contributed by atoms with E-state index in [-0.39, 0.29) is 17.5 Å². The second-order valence-electron chi connectivity index (χ2n) is 9.89. The van der Waals surface area contributed by atoms with Crippen LogP contribution < -0.4 is 0 Å². The van der Waals surface area contributed by atoms with Crippen LogP contribution in [0.25, 0.3) is 21.8 Å². The summed E-state index contributed by atoms with van der Waals surface area (Å²) in [5.74, 6) is -0.527. The van der Waals surface area contributed by atoms with E-state index in [1.54, 1.807) is 0 Å². The highest BCUT2D eigenvalue weighted by Gasteiger charge is 2.20. The minimum absolute atomic E-state index is 0.0305. The first-order valence-corrected chi connectivity index (χ1v) is 13.5. The first kappa shape index (κ1) is 26.5. The molecule has 2 aromatic carbocycles. The van der Waals surface area contributed by atoms with Crippen molar-refractivity contribution < 1.29 is 14.4 Å². The number of amides is 1. The van der Waals surface area contributed by atoms with Gasteiger partial charge in [-0.15, -0.1) is 0 Å². The number of aryl methyl sites for hydroxylation is 1. The van der Waals surface area contributed by atoms with E-state index < -0.39 is 0 Å². The average Bonchev–Trinajstić information content (AvgIpc) is 3.21. The van der Waals surface area contributed by atoms with Gasteiger partial charge in [0.25, 0.3) is 0 Å². The van der Waals surface area contributed by atoms with Crippen LogP contribution in [0.3, 0.4) is 0 Å². The van der Waals surface area contributed by atoms with E-state index in [1.807, 2.05) is 49.4 Å². The van der Waals surface area contributed by atoms with E-state index >= 15 is 0 Å². The lowest BCUT2D eigenvalue weighted by Crippen LogP contribution is -2.16. The Kier molecular flexibility index (Phi) is 8.32. The van der Waals surface area contributed by atoms with Crippen molar-refractivity contribution in [3.8, 4) is 0 Å². The Morgan fingerprint density at radius 2 is 1.59 bits per heavy atom. The molecule has 0 fully saturated rings. The number of aliphatic imine (C=N–C) groups is 1. The summed E-state index contributed by atoms with van der Waals surface area (Å²) in [6.07, 6.45) is 10.4. The van der Waals surface area contributed by atoms with E-state index in [0.717, 1.165) is 78.0 Å². The summed E-state index contributed by atoms with van der Waals surface area (Å²) in [7, 11) is 0. The molecule has 0 N–H and O–H groups in total. The third kappa shape index (κ3) is 5.56. The summed E-state index contributed by atoms with van der Waals surface area (Å²) >= 11 is 0. The van der Waals surface area contributed by atoms with E-state index in [4.69, 9.17) is 0 Å². The molecule has 192 valence electrons. The standard InChI is InChI=1S/C32H36N2O3/c1-5-7-8-9-14-28(33-22(4)35)32(37)24-16-18-30-27(20-24)26-19-23(15-17-29(26)34(30)6-2)31(36)25-13-11-10-12-21(25)3/h11,13,15-20H,5-10,12,14H2,1-4H3/b33-28-. The molecule has 0 saturated heterocycles. The van der Waals surface area contributed by atoms with Crippen LogP contribution in [0.1, 0.15) is 93.4 Å². The summed E-state index contributed by atoms with van der Waals surface area (Å²) in [4.78, 5) is 42.7. The van der Waals surface area contributed by atoms with E-state index in [2.05, 4.69) is 29.5 Å². The number of allylic oxidation sites excluding steroid dienone is 4. The molecule has 0 unspecified atom stereocenters. The number of nitrogens with zero attached hydrogens (tertiary/aromatic N) is 2. The van der Waals surface area contributed by atoms with Crippen LogP contribution in [0.5, 0.6) is 0 Å². The molecule has 1 aromatic heterocycles. The normalized spacial score (nSPS) is 14.1. The van der Waals surface area contributed by atoms with Crippen LogP contribution in [0.15, 0.2) is 64.7 Å².